The maximum absolute atomic E-state index is 11.2. The third-order valence-corrected chi connectivity index (χ3v) is 2.34. The van der Waals surface area contributed by atoms with Crippen molar-refractivity contribution in [3.8, 4) is 0 Å². The highest BCUT2D eigenvalue weighted by Gasteiger charge is 2.40. The molecule has 1 amide bonds. The van der Waals surface area contributed by atoms with Gasteiger partial charge in [0.15, 0.2) is 0 Å². The van der Waals surface area contributed by atoms with E-state index in [1.165, 1.54) is 6.92 Å². The zero-order chi connectivity index (χ0) is 9.30. The molecule has 4 heteroatoms. The molecule has 0 aromatic heterocycles. The van der Waals surface area contributed by atoms with Crippen molar-refractivity contribution in [2.45, 2.75) is 32.7 Å². The monoisotopic (exact) mass is 171 g/mol. The quantitative estimate of drug-likeness (QED) is 0.488. The number of nitrogens with zero attached hydrogens (tertiary/aromatic N) is 1. The topological polar surface area (TPSA) is 57.6 Å². The number of hydrogen-bond acceptors (Lipinski definition) is 3. The van der Waals surface area contributed by atoms with Gasteiger partial charge >= 0.3 is 0 Å². The number of hydroxylamine groups is 2. The van der Waals surface area contributed by atoms with Gasteiger partial charge < -0.3 is 0 Å². The second-order valence-electron chi connectivity index (χ2n) is 3.14. The van der Waals surface area contributed by atoms with E-state index in [-0.39, 0.29) is 11.8 Å². The van der Waals surface area contributed by atoms with Crippen molar-refractivity contribution in [1.82, 2.24) is 5.06 Å². The van der Waals surface area contributed by atoms with E-state index in [4.69, 9.17) is 0 Å². The zero-order valence-electron chi connectivity index (χ0n) is 7.28. The van der Waals surface area contributed by atoms with Crippen molar-refractivity contribution in [2.75, 3.05) is 0 Å². The van der Waals surface area contributed by atoms with Gasteiger partial charge in [0.05, 0.1) is 6.04 Å². The molecule has 1 saturated heterocycles. The maximum Gasteiger partial charge on any atom is 0.256 e. The molecule has 68 valence electrons. The highest BCUT2D eigenvalue weighted by atomic mass is 16.5. The lowest BCUT2D eigenvalue weighted by atomic mass is 10.0. The van der Waals surface area contributed by atoms with Crippen LogP contribution in [0.3, 0.4) is 0 Å². The van der Waals surface area contributed by atoms with Crippen LogP contribution >= 0.6 is 0 Å². The van der Waals surface area contributed by atoms with Gasteiger partial charge in [-0.1, -0.05) is 6.92 Å². The Morgan fingerprint density at radius 1 is 1.75 bits per heavy atom. The predicted molar refractivity (Wildman–Crippen MR) is 41.5 cm³/mol. The van der Waals surface area contributed by atoms with E-state index in [1.807, 2.05) is 6.92 Å². The Kier molecular flexibility index (Phi) is 2.47. The average Bonchev–Trinajstić information content (AvgIpc) is 2.30. The molecule has 0 bridgehead atoms. The molecule has 1 fully saturated rings. The smallest absolute Gasteiger partial charge is 0.256 e. The first-order chi connectivity index (χ1) is 5.57. The van der Waals surface area contributed by atoms with Crippen LogP contribution in [0.5, 0.6) is 0 Å². The number of amides is 1. The van der Waals surface area contributed by atoms with Crippen LogP contribution in [0.25, 0.3) is 0 Å². The maximum atomic E-state index is 11.2. The van der Waals surface area contributed by atoms with E-state index >= 15 is 0 Å². The molecule has 2 atom stereocenters. The third-order valence-electron chi connectivity index (χ3n) is 2.34. The Morgan fingerprint density at radius 3 is 2.58 bits per heavy atom. The van der Waals surface area contributed by atoms with Crippen molar-refractivity contribution in [3.63, 3.8) is 0 Å². The summed E-state index contributed by atoms with van der Waals surface area (Å²) in [6.45, 7) is 3.26. The number of Topliss-reactive ketones (excluding diaryl/α,β-unsaturated/α-hetero) is 1. The van der Waals surface area contributed by atoms with Crippen LogP contribution in [0.15, 0.2) is 0 Å². The highest BCUT2D eigenvalue weighted by molar-refractivity contribution is 6.01. The van der Waals surface area contributed by atoms with E-state index in [2.05, 4.69) is 0 Å². The molecular formula is C8H13NO3. The van der Waals surface area contributed by atoms with Gasteiger partial charge in [0.25, 0.3) is 5.91 Å². The van der Waals surface area contributed by atoms with Crippen LogP contribution in [0.2, 0.25) is 0 Å². The lowest BCUT2D eigenvalue weighted by molar-refractivity contribution is -0.168. The van der Waals surface area contributed by atoms with E-state index in [9.17, 15) is 14.8 Å². The number of ketones is 1. The standard InChI is InChI=1S/C8H13NO3/c1-3-6-4-7(5(2)10)8(11)9(6)12/h6-7,12H,3-4H2,1-2H3. The Labute approximate surface area is 71.1 Å². The van der Waals surface area contributed by atoms with Gasteiger partial charge in [0, 0.05) is 0 Å². The molecule has 12 heavy (non-hydrogen) atoms. The van der Waals surface area contributed by atoms with E-state index in [0.29, 0.717) is 17.9 Å². The number of carbonyl (C=O) groups excluding carboxylic acids is 2. The Morgan fingerprint density at radius 2 is 2.33 bits per heavy atom. The molecule has 0 aromatic carbocycles. The van der Waals surface area contributed by atoms with E-state index in [1.54, 1.807) is 0 Å². The Hall–Kier alpha value is -0.900. The lowest BCUT2D eigenvalue weighted by Crippen LogP contribution is -2.30. The van der Waals surface area contributed by atoms with Crippen LogP contribution in [0.1, 0.15) is 26.7 Å². The molecule has 0 radical (unpaired) electrons. The number of carbonyl (C=O) groups is 2. The summed E-state index contributed by atoms with van der Waals surface area (Å²) in [4.78, 5) is 22.1. The molecule has 0 saturated carbocycles. The minimum atomic E-state index is -0.611. The van der Waals surface area contributed by atoms with Crippen LogP contribution in [0, 0.1) is 5.92 Å². The minimum absolute atomic E-state index is 0.157. The van der Waals surface area contributed by atoms with E-state index in [0.717, 1.165) is 0 Å². The van der Waals surface area contributed by atoms with Crippen molar-refractivity contribution in [2.24, 2.45) is 5.92 Å². The van der Waals surface area contributed by atoms with E-state index < -0.39 is 11.8 Å². The van der Waals surface area contributed by atoms with Crippen LogP contribution in [0.4, 0.5) is 0 Å². The fraction of sp³-hybridized carbons (Fsp3) is 0.750. The summed E-state index contributed by atoms with van der Waals surface area (Å²) in [5, 5.41) is 9.91. The highest BCUT2D eigenvalue weighted by Crippen LogP contribution is 2.25. The molecule has 1 rings (SSSR count). The summed E-state index contributed by atoms with van der Waals surface area (Å²) in [7, 11) is 0. The van der Waals surface area contributed by atoms with Crippen LogP contribution in [-0.2, 0) is 9.59 Å². The molecule has 0 aliphatic carbocycles. The molecule has 4 nitrogen and oxygen atoms in total. The van der Waals surface area contributed by atoms with Gasteiger partial charge in [-0.25, -0.2) is 5.06 Å². The SMILES string of the molecule is CCC1CC(C(C)=O)C(=O)N1O. The summed E-state index contributed by atoms with van der Waals surface area (Å²) >= 11 is 0. The summed E-state index contributed by atoms with van der Waals surface area (Å²) in [5.74, 6) is -1.22. The first-order valence-electron chi connectivity index (χ1n) is 4.10. The zero-order valence-corrected chi connectivity index (χ0v) is 7.28. The normalized spacial score (nSPS) is 29.6. The van der Waals surface area contributed by atoms with Crippen molar-refractivity contribution in [3.05, 3.63) is 0 Å². The van der Waals surface area contributed by atoms with Gasteiger partial charge in [-0.15, -0.1) is 0 Å². The van der Waals surface area contributed by atoms with Gasteiger partial charge in [0.1, 0.15) is 11.7 Å². The number of hydrogen-bond donors (Lipinski definition) is 1. The first-order valence-corrected chi connectivity index (χ1v) is 4.10. The predicted octanol–water partition coefficient (Wildman–Crippen LogP) is 0.592. The minimum Gasteiger partial charge on any atom is -0.299 e. The van der Waals surface area contributed by atoms with Gasteiger partial charge in [-0.05, 0) is 19.8 Å². The summed E-state index contributed by atoms with van der Waals surface area (Å²) in [6.07, 6.45) is 1.15. The van der Waals surface area contributed by atoms with Crippen molar-refractivity contribution < 1.29 is 14.8 Å². The Bertz CT molecular complexity index is 214. The molecular weight excluding hydrogens is 158 g/mol. The molecule has 0 spiro atoms. The van der Waals surface area contributed by atoms with Crippen LogP contribution < -0.4 is 0 Å². The molecule has 1 heterocycles. The molecule has 2 unspecified atom stereocenters. The largest absolute Gasteiger partial charge is 0.299 e. The summed E-state index contributed by atoms with van der Waals surface area (Å²) in [6, 6.07) is -0.175. The second kappa shape index (κ2) is 3.23. The average molecular weight is 171 g/mol. The third kappa shape index (κ3) is 1.34. The Balaban J connectivity index is 2.73. The second-order valence-corrected chi connectivity index (χ2v) is 3.14. The van der Waals surface area contributed by atoms with Gasteiger partial charge in [0.2, 0.25) is 0 Å². The molecule has 1 aliphatic heterocycles. The lowest BCUT2D eigenvalue weighted by Gasteiger charge is -2.14. The van der Waals surface area contributed by atoms with Gasteiger partial charge in [-0.3, -0.25) is 14.8 Å². The van der Waals surface area contributed by atoms with Crippen molar-refractivity contribution >= 4 is 11.7 Å². The molecule has 1 N–H and O–H groups in total. The fourth-order valence-corrected chi connectivity index (χ4v) is 1.49. The summed E-state index contributed by atoms with van der Waals surface area (Å²) < 4.78 is 0. The fourth-order valence-electron chi connectivity index (χ4n) is 1.49. The van der Waals surface area contributed by atoms with Crippen LogP contribution in [-0.4, -0.2) is 28.0 Å². The molecule has 1 aliphatic rings. The number of rotatable bonds is 2. The first kappa shape index (κ1) is 9.19. The molecule has 0 aromatic rings. The van der Waals surface area contributed by atoms with Crippen molar-refractivity contribution in [1.29, 1.82) is 0 Å². The summed E-state index contributed by atoms with van der Waals surface area (Å²) in [5.41, 5.74) is 0. The van der Waals surface area contributed by atoms with Gasteiger partial charge in [-0.2, -0.15) is 0 Å².